The largest absolute Gasteiger partial charge is 0.394 e. The van der Waals surface area contributed by atoms with Gasteiger partial charge < -0.3 is 10.4 Å². The van der Waals surface area contributed by atoms with Crippen molar-refractivity contribution in [1.29, 1.82) is 0 Å². The van der Waals surface area contributed by atoms with Crippen LogP contribution in [0.5, 0.6) is 0 Å². The Bertz CT molecular complexity index is 816. The van der Waals surface area contributed by atoms with Crippen molar-refractivity contribution in [3.05, 3.63) is 60.2 Å². The summed E-state index contributed by atoms with van der Waals surface area (Å²) in [4.78, 5) is 12.1. The highest BCUT2D eigenvalue weighted by Crippen LogP contribution is 2.16. The van der Waals surface area contributed by atoms with Crippen LogP contribution in [0.15, 0.2) is 59.5 Å². The molecule has 3 N–H and O–H groups in total. The second-order valence-corrected chi connectivity index (χ2v) is 8.06. The van der Waals surface area contributed by atoms with Crippen molar-refractivity contribution in [1.82, 2.24) is 5.32 Å². The van der Waals surface area contributed by atoms with Gasteiger partial charge in [-0.25, -0.2) is 8.42 Å². The van der Waals surface area contributed by atoms with Crippen LogP contribution in [0.3, 0.4) is 0 Å². The Morgan fingerprint density at radius 1 is 1.04 bits per heavy atom. The van der Waals surface area contributed by atoms with Gasteiger partial charge in [-0.2, -0.15) is 0 Å². The molecular weight excluding hydrogens is 340 g/mol. The summed E-state index contributed by atoms with van der Waals surface area (Å²) in [6.45, 7) is 3.30. The Morgan fingerprint density at radius 2 is 1.64 bits per heavy atom. The predicted octanol–water partition coefficient (Wildman–Crippen LogP) is 1.92. The highest BCUT2D eigenvalue weighted by Gasteiger charge is 2.19. The molecule has 0 aromatic heterocycles. The Hall–Kier alpha value is -2.38. The molecule has 0 radical (unpaired) electrons. The summed E-state index contributed by atoms with van der Waals surface area (Å²) in [5, 5.41) is 11.9. The maximum Gasteiger partial charge on any atom is 0.261 e. The van der Waals surface area contributed by atoms with Crippen molar-refractivity contribution in [2.75, 3.05) is 11.3 Å². The van der Waals surface area contributed by atoms with Gasteiger partial charge in [0, 0.05) is 5.69 Å². The van der Waals surface area contributed by atoms with Crippen LogP contribution in [-0.2, 0) is 21.2 Å². The second-order valence-electron chi connectivity index (χ2n) is 6.38. The quantitative estimate of drug-likeness (QED) is 0.701. The molecule has 2 rings (SSSR count). The lowest BCUT2D eigenvalue weighted by molar-refractivity contribution is -0.122. The fourth-order valence-electron chi connectivity index (χ4n) is 2.15. The van der Waals surface area contributed by atoms with Gasteiger partial charge in [0.15, 0.2) is 0 Å². The number of carbonyl (C=O) groups excluding carboxylic acids is 1. The zero-order valence-corrected chi connectivity index (χ0v) is 15.0. The van der Waals surface area contributed by atoms with Crippen molar-refractivity contribution in [2.45, 2.75) is 30.7 Å². The van der Waals surface area contributed by atoms with Gasteiger partial charge in [0.1, 0.15) is 0 Å². The summed E-state index contributed by atoms with van der Waals surface area (Å²) in [6, 6.07) is 14.7. The number of aliphatic hydroxyl groups excluding tert-OH is 1. The Labute approximate surface area is 147 Å². The number of aliphatic hydroxyl groups is 1. The monoisotopic (exact) mass is 362 g/mol. The topological polar surface area (TPSA) is 95.5 Å². The van der Waals surface area contributed by atoms with Gasteiger partial charge in [-0.15, -0.1) is 0 Å². The minimum atomic E-state index is -3.63. The van der Waals surface area contributed by atoms with Gasteiger partial charge in [-0.1, -0.05) is 30.3 Å². The van der Waals surface area contributed by atoms with Crippen molar-refractivity contribution >= 4 is 21.6 Å². The average Bonchev–Trinajstić information content (AvgIpc) is 2.57. The van der Waals surface area contributed by atoms with E-state index in [-0.39, 0.29) is 23.8 Å². The molecule has 0 bridgehead atoms. The number of amides is 1. The number of benzene rings is 2. The van der Waals surface area contributed by atoms with E-state index in [9.17, 15) is 13.2 Å². The van der Waals surface area contributed by atoms with Crippen molar-refractivity contribution in [3.8, 4) is 0 Å². The van der Waals surface area contributed by atoms with E-state index >= 15 is 0 Å². The number of carbonyl (C=O) groups is 1. The minimum Gasteiger partial charge on any atom is -0.394 e. The molecular formula is C18H22N2O4S. The molecule has 0 aliphatic rings. The molecule has 0 aliphatic carbocycles. The van der Waals surface area contributed by atoms with Gasteiger partial charge in [-0.3, -0.25) is 9.52 Å². The van der Waals surface area contributed by atoms with E-state index < -0.39 is 15.6 Å². The summed E-state index contributed by atoms with van der Waals surface area (Å²) in [7, 11) is -3.63. The SMILES string of the molecule is CC(C)(CO)NC(=O)Cc1ccc(NS(=O)(=O)c2ccccc2)cc1. The number of anilines is 1. The van der Waals surface area contributed by atoms with E-state index in [1.54, 1.807) is 56.3 Å². The molecule has 0 atom stereocenters. The standard InChI is InChI=1S/C18H22N2O4S/c1-18(2,13-21)19-17(22)12-14-8-10-15(11-9-14)20-25(23,24)16-6-4-3-5-7-16/h3-11,20-21H,12-13H2,1-2H3,(H,19,22). The van der Waals surface area contributed by atoms with Crippen molar-refractivity contribution in [3.63, 3.8) is 0 Å². The molecule has 25 heavy (non-hydrogen) atoms. The molecule has 1 amide bonds. The summed E-state index contributed by atoms with van der Waals surface area (Å²) < 4.78 is 27.0. The Morgan fingerprint density at radius 3 is 2.20 bits per heavy atom. The summed E-state index contributed by atoms with van der Waals surface area (Å²) >= 11 is 0. The van der Waals surface area contributed by atoms with E-state index in [4.69, 9.17) is 5.11 Å². The van der Waals surface area contributed by atoms with E-state index in [1.165, 1.54) is 12.1 Å². The molecule has 0 saturated heterocycles. The molecule has 0 saturated carbocycles. The first-order valence-corrected chi connectivity index (χ1v) is 9.29. The molecule has 2 aromatic carbocycles. The Balaban J connectivity index is 2.02. The van der Waals surface area contributed by atoms with Crippen LogP contribution < -0.4 is 10.0 Å². The maximum absolute atomic E-state index is 12.3. The lowest BCUT2D eigenvalue weighted by Gasteiger charge is -2.23. The number of hydrogen-bond donors (Lipinski definition) is 3. The van der Waals surface area contributed by atoms with Gasteiger partial charge in [0.25, 0.3) is 10.0 Å². The van der Waals surface area contributed by atoms with E-state index in [0.717, 1.165) is 5.56 Å². The first-order valence-electron chi connectivity index (χ1n) is 7.80. The van der Waals surface area contributed by atoms with Crippen LogP contribution in [0.25, 0.3) is 0 Å². The second kappa shape index (κ2) is 7.67. The van der Waals surface area contributed by atoms with Gasteiger partial charge in [-0.05, 0) is 43.7 Å². The maximum atomic E-state index is 12.3. The molecule has 0 fully saturated rings. The van der Waals surface area contributed by atoms with Crippen LogP contribution in [0.2, 0.25) is 0 Å². The molecule has 0 unspecified atom stereocenters. The minimum absolute atomic E-state index is 0.148. The van der Waals surface area contributed by atoms with Crippen LogP contribution in [0.1, 0.15) is 19.4 Å². The average molecular weight is 362 g/mol. The Kier molecular flexibility index (Phi) is 5.81. The van der Waals surface area contributed by atoms with Crippen LogP contribution in [-0.4, -0.2) is 31.6 Å². The fourth-order valence-corrected chi connectivity index (χ4v) is 3.23. The molecule has 0 spiro atoms. The lowest BCUT2D eigenvalue weighted by Crippen LogP contribution is -2.46. The first kappa shape index (κ1) is 19.0. The van der Waals surface area contributed by atoms with Crippen molar-refractivity contribution < 1.29 is 18.3 Å². The molecule has 7 heteroatoms. The van der Waals surface area contributed by atoms with Gasteiger partial charge in [0.2, 0.25) is 5.91 Å². The molecule has 0 heterocycles. The third kappa shape index (κ3) is 5.58. The fraction of sp³-hybridized carbons (Fsp3) is 0.278. The van der Waals surface area contributed by atoms with Gasteiger partial charge in [0.05, 0.1) is 23.5 Å². The summed E-state index contributed by atoms with van der Waals surface area (Å²) in [6.07, 6.45) is 0.148. The third-order valence-corrected chi connectivity index (χ3v) is 4.89. The van der Waals surface area contributed by atoms with Gasteiger partial charge >= 0.3 is 0 Å². The predicted molar refractivity (Wildman–Crippen MR) is 96.7 cm³/mol. The van der Waals surface area contributed by atoms with Crippen molar-refractivity contribution in [2.24, 2.45) is 0 Å². The smallest absolute Gasteiger partial charge is 0.261 e. The molecule has 0 aliphatic heterocycles. The zero-order valence-electron chi connectivity index (χ0n) is 14.2. The lowest BCUT2D eigenvalue weighted by atomic mass is 10.1. The van der Waals surface area contributed by atoms with E-state index in [1.807, 2.05) is 0 Å². The number of sulfonamides is 1. The molecule has 134 valence electrons. The van der Waals surface area contributed by atoms with E-state index in [2.05, 4.69) is 10.0 Å². The highest BCUT2D eigenvalue weighted by molar-refractivity contribution is 7.92. The van der Waals surface area contributed by atoms with Crippen LogP contribution >= 0.6 is 0 Å². The highest BCUT2D eigenvalue weighted by atomic mass is 32.2. The summed E-state index contributed by atoms with van der Waals surface area (Å²) in [5.74, 6) is -0.211. The number of rotatable bonds is 7. The van der Waals surface area contributed by atoms with E-state index in [0.29, 0.717) is 5.69 Å². The zero-order chi connectivity index (χ0) is 18.5. The van der Waals surface area contributed by atoms with Crippen LogP contribution in [0, 0.1) is 0 Å². The van der Waals surface area contributed by atoms with Crippen LogP contribution in [0.4, 0.5) is 5.69 Å². The molecule has 6 nitrogen and oxygen atoms in total. The first-order chi connectivity index (χ1) is 11.7. The normalized spacial score (nSPS) is 11.8. The number of nitrogens with one attached hydrogen (secondary N) is 2. The molecule has 2 aromatic rings. The third-order valence-electron chi connectivity index (χ3n) is 3.50. The number of hydrogen-bond acceptors (Lipinski definition) is 4. The summed E-state index contributed by atoms with van der Waals surface area (Å²) in [5.41, 5.74) is 0.486.